The maximum absolute atomic E-state index is 12.9. The summed E-state index contributed by atoms with van der Waals surface area (Å²) in [5.74, 6) is 0.370. The molecule has 0 aliphatic carbocycles. The summed E-state index contributed by atoms with van der Waals surface area (Å²) in [4.78, 5) is 23.3. The van der Waals surface area contributed by atoms with Crippen LogP contribution in [0.5, 0.6) is 0 Å². The van der Waals surface area contributed by atoms with Crippen LogP contribution in [0.2, 0.25) is 0 Å². The number of amides is 1. The first-order valence-electron chi connectivity index (χ1n) is 9.18. The molecule has 0 atom stereocenters. The molecule has 0 bridgehead atoms. The first kappa shape index (κ1) is 18.6. The fraction of sp³-hybridized carbons (Fsp3) is 0.227. The van der Waals surface area contributed by atoms with Gasteiger partial charge in [0.15, 0.2) is 0 Å². The Bertz CT molecular complexity index is 922. The highest BCUT2D eigenvalue weighted by atomic mass is 16.2. The van der Waals surface area contributed by atoms with Crippen LogP contribution in [0.1, 0.15) is 35.3 Å². The van der Waals surface area contributed by atoms with Gasteiger partial charge in [-0.05, 0) is 49.6 Å². The summed E-state index contributed by atoms with van der Waals surface area (Å²) in [7, 11) is 0. The molecule has 0 fully saturated rings. The van der Waals surface area contributed by atoms with Crippen LogP contribution >= 0.6 is 0 Å². The highest BCUT2D eigenvalue weighted by molar-refractivity contribution is 6.05. The molecule has 2 aromatic carbocycles. The highest BCUT2D eigenvalue weighted by Gasteiger charge is 2.17. The van der Waals surface area contributed by atoms with Crippen LogP contribution < -0.4 is 10.2 Å². The van der Waals surface area contributed by atoms with E-state index >= 15 is 0 Å². The van der Waals surface area contributed by atoms with Gasteiger partial charge >= 0.3 is 0 Å². The summed E-state index contributed by atoms with van der Waals surface area (Å²) in [5, 5.41) is 3.22. The molecule has 1 amide bonds. The van der Waals surface area contributed by atoms with Crippen LogP contribution in [-0.4, -0.2) is 22.4 Å². The monoisotopic (exact) mass is 360 g/mol. The van der Waals surface area contributed by atoms with E-state index in [1.807, 2.05) is 56.3 Å². The molecule has 0 aliphatic rings. The van der Waals surface area contributed by atoms with E-state index in [1.165, 1.54) is 5.56 Å². The summed E-state index contributed by atoms with van der Waals surface area (Å²) in [5.41, 5.74) is 4.63. The van der Waals surface area contributed by atoms with E-state index in [2.05, 4.69) is 28.3 Å². The van der Waals surface area contributed by atoms with E-state index in [0.717, 1.165) is 23.4 Å². The second-order valence-corrected chi connectivity index (χ2v) is 6.32. The fourth-order valence-corrected chi connectivity index (χ4v) is 2.97. The molecule has 5 heteroatoms. The van der Waals surface area contributed by atoms with Crippen molar-refractivity contribution in [2.45, 2.75) is 27.2 Å². The van der Waals surface area contributed by atoms with Gasteiger partial charge in [-0.25, -0.2) is 9.97 Å². The van der Waals surface area contributed by atoms with Crippen LogP contribution in [-0.2, 0) is 6.42 Å². The zero-order chi connectivity index (χ0) is 19.2. The lowest BCUT2D eigenvalue weighted by Crippen LogP contribution is -2.30. The van der Waals surface area contributed by atoms with Crippen LogP contribution in [0.25, 0.3) is 0 Å². The Morgan fingerprint density at radius 3 is 2.44 bits per heavy atom. The number of benzene rings is 2. The van der Waals surface area contributed by atoms with Gasteiger partial charge < -0.3 is 10.2 Å². The van der Waals surface area contributed by atoms with Crippen molar-refractivity contribution >= 4 is 23.2 Å². The van der Waals surface area contributed by atoms with E-state index < -0.39 is 0 Å². The first-order valence-corrected chi connectivity index (χ1v) is 9.18. The Kier molecular flexibility index (Phi) is 5.81. The van der Waals surface area contributed by atoms with Gasteiger partial charge in [-0.1, -0.05) is 37.3 Å². The van der Waals surface area contributed by atoms with E-state index in [4.69, 9.17) is 0 Å². The molecule has 0 saturated heterocycles. The van der Waals surface area contributed by atoms with Gasteiger partial charge in [-0.15, -0.1) is 0 Å². The Morgan fingerprint density at radius 1 is 1.04 bits per heavy atom. The van der Waals surface area contributed by atoms with Crippen molar-refractivity contribution in [1.82, 2.24) is 9.97 Å². The molecular weight excluding hydrogens is 336 g/mol. The number of nitrogens with zero attached hydrogens (tertiary/aromatic N) is 3. The van der Waals surface area contributed by atoms with Crippen molar-refractivity contribution in [3.05, 3.63) is 77.6 Å². The van der Waals surface area contributed by atoms with Gasteiger partial charge in [0.25, 0.3) is 5.91 Å². The van der Waals surface area contributed by atoms with Crippen molar-refractivity contribution < 1.29 is 4.79 Å². The van der Waals surface area contributed by atoms with Crippen molar-refractivity contribution in [2.24, 2.45) is 0 Å². The molecule has 27 heavy (non-hydrogen) atoms. The molecule has 3 rings (SSSR count). The molecule has 0 saturated carbocycles. The smallest absolute Gasteiger partial charge is 0.261 e. The third kappa shape index (κ3) is 4.31. The largest absolute Gasteiger partial charge is 0.324 e. The van der Waals surface area contributed by atoms with Gasteiger partial charge in [0.2, 0.25) is 5.95 Å². The van der Waals surface area contributed by atoms with Crippen LogP contribution in [0.4, 0.5) is 17.3 Å². The zero-order valence-corrected chi connectivity index (χ0v) is 15.9. The Hall–Kier alpha value is -3.21. The number of nitrogens with one attached hydrogen (secondary N) is 1. The van der Waals surface area contributed by atoms with E-state index in [0.29, 0.717) is 18.1 Å². The van der Waals surface area contributed by atoms with Gasteiger partial charge in [0.05, 0.1) is 5.56 Å². The molecule has 1 N–H and O–H groups in total. The SMILES string of the molecule is CCc1ccccc1Nc1ncc(C(=O)N(CC)c2cccc(C)c2)cn1. The van der Waals surface area contributed by atoms with Crippen molar-refractivity contribution in [3.63, 3.8) is 0 Å². The van der Waals surface area contributed by atoms with Crippen molar-refractivity contribution in [3.8, 4) is 0 Å². The number of aryl methyl sites for hydroxylation is 2. The summed E-state index contributed by atoms with van der Waals surface area (Å²) in [6.07, 6.45) is 4.07. The van der Waals surface area contributed by atoms with Gasteiger partial charge in [0, 0.05) is 30.3 Å². The second kappa shape index (κ2) is 8.45. The van der Waals surface area contributed by atoms with Crippen molar-refractivity contribution in [1.29, 1.82) is 0 Å². The minimum atomic E-state index is -0.108. The first-order chi connectivity index (χ1) is 13.1. The molecule has 1 heterocycles. The zero-order valence-electron chi connectivity index (χ0n) is 15.9. The molecule has 0 unspecified atom stereocenters. The summed E-state index contributed by atoms with van der Waals surface area (Å²) in [6, 6.07) is 16.0. The third-order valence-electron chi connectivity index (χ3n) is 4.42. The average Bonchev–Trinajstić information content (AvgIpc) is 2.69. The number of carbonyl (C=O) groups excluding carboxylic acids is 1. The average molecular weight is 360 g/mol. The molecule has 0 spiro atoms. The molecule has 5 nitrogen and oxygen atoms in total. The van der Waals surface area contributed by atoms with Crippen LogP contribution in [0, 0.1) is 6.92 Å². The highest BCUT2D eigenvalue weighted by Crippen LogP contribution is 2.20. The normalized spacial score (nSPS) is 10.5. The van der Waals surface area contributed by atoms with E-state index in [-0.39, 0.29) is 5.91 Å². The summed E-state index contributed by atoms with van der Waals surface area (Å²) < 4.78 is 0. The predicted molar refractivity (Wildman–Crippen MR) is 110 cm³/mol. The van der Waals surface area contributed by atoms with Crippen LogP contribution in [0.3, 0.4) is 0 Å². The minimum absolute atomic E-state index is 0.108. The molecule has 138 valence electrons. The number of para-hydroxylation sites is 1. The van der Waals surface area contributed by atoms with Gasteiger partial charge in [-0.3, -0.25) is 4.79 Å². The maximum atomic E-state index is 12.9. The number of aromatic nitrogens is 2. The number of carbonyl (C=O) groups is 1. The topological polar surface area (TPSA) is 58.1 Å². The molecule has 0 aliphatic heterocycles. The van der Waals surface area contributed by atoms with Crippen LogP contribution in [0.15, 0.2) is 60.9 Å². The minimum Gasteiger partial charge on any atom is -0.324 e. The maximum Gasteiger partial charge on any atom is 0.261 e. The summed E-state index contributed by atoms with van der Waals surface area (Å²) in [6.45, 7) is 6.65. The molecule has 3 aromatic rings. The summed E-state index contributed by atoms with van der Waals surface area (Å²) >= 11 is 0. The molecular formula is C22H24N4O. The Labute approximate surface area is 160 Å². The lowest BCUT2D eigenvalue weighted by molar-refractivity contribution is 0.0987. The second-order valence-electron chi connectivity index (χ2n) is 6.32. The quantitative estimate of drug-likeness (QED) is 0.689. The number of hydrogen-bond acceptors (Lipinski definition) is 4. The van der Waals surface area contributed by atoms with Gasteiger partial charge in [-0.2, -0.15) is 0 Å². The number of hydrogen-bond donors (Lipinski definition) is 1. The van der Waals surface area contributed by atoms with Crippen molar-refractivity contribution in [2.75, 3.05) is 16.8 Å². The third-order valence-corrected chi connectivity index (χ3v) is 4.42. The van der Waals surface area contributed by atoms with Gasteiger partial charge in [0.1, 0.15) is 0 Å². The lowest BCUT2D eigenvalue weighted by Gasteiger charge is -2.21. The number of anilines is 3. The Morgan fingerprint density at radius 2 is 1.78 bits per heavy atom. The number of rotatable bonds is 6. The standard InChI is InChI=1S/C22H24N4O/c1-4-17-10-6-7-12-20(17)25-22-23-14-18(15-24-22)21(27)26(5-2)19-11-8-9-16(3)13-19/h6-15H,4-5H2,1-3H3,(H,23,24,25). The van der Waals surface area contributed by atoms with E-state index in [9.17, 15) is 4.79 Å². The fourth-order valence-electron chi connectivity index (χ4n) is 2.97. The molecule has 1 aromatic heterocycles. The lowest BCUT2D eigenvalue weighted by atomic mass is 10.1. The molecule has 0 radical (unpaired) electrons. The predicted octanol–water partition coefficient (Wildman–Crippen LogP) is 4.76. The van der Waals surface area contributed by atoms with E-state index in [1.54, 1.807) is 17.3 Å². The Balaban J connectivity index is 1.78.